The third kappa shape index (κ3) is 5.53. The summed E-state index contributed by atoms with van der Waals surface area (Å²) in [5.41, 5.74) is -0.716. The highest BCUT2D eigenvalue weighted by atomic mass is 16.5. The Hall–Kier alpha value is -1.30. The molecule has 0 aromatic carbocycles. The van der Waals surface area contributed by atoms with Crippen molar-refractivity contribution in [2.45, 2.75) is 64.0 Å². The van der Waals surface area contributed by atoms with E-state index in [0.717, 1.165) is 25.7 Å². The second-order valence-corrected chi connectivity index (χ2v) is 6.23. The van der Waals surface area contributed by atoms with Gasteiger partial charge in [0.2, 0.25) is 0 Å². The monoisotopic (exact) mass is 300 g/mol. The number of esters is 1. The molecule has 1 fully saturated rings. The van der Waals surface area contributed by atoms with Gasteiger partial charge in [-0.3, -0.25) is 4.79 Å². The van der Waals surface area contributed by atoms with Crippen LogP contribution >= 0.6 is 0 Å². The predicted molar refractivity (Wildman–Crippen MR) is 79.9 cm³/mol. The van der Waals surface area contributed by atoms with Crippen LogP contribution in [0.15, 0.2) is 0 Å². The molecule has 1 aliphatic rings. The second-order valence-electron chi connectivity index (χ2n) is 6.23. The molecule has 0 saturated heterocycles. The summed E-state index contributed by atoms with van der Waals surface area (Å²) in [5, 5.41) is 12.5. The first-order valence-electron chi connectivity index (χ1n) is 7.66. The summed E-state index contributed by atoms with van der Waals surface area (Å²) in [7, 11) is 1.33. The van der Waals surface area contributed by atoms with Gasteiger partial charge in [-0.2, -0.15) is 0 Å². The van der Waals surface area contributed by atoms with Crippen molar-refractivity contribution in [3.8, 4) is 0 Å². The molecule has 122 valence electrons. The Balaban J connectivity index is 2.65. The summed E-state index contributed by atoms with van der Waals surface area (Å²) >= 11 is 0. The number of amides is 2. The van der Waals surface area contributed by atoms with E-state index in [4.69, 9.17) is 0 Å². The number of carbonyl (C=O) groups is 2. The molecule has 0 heterocycles. The Bertz CT molecular complexity index is 352. The van der Waals surface area contributed by atoms with Crippen molar-refractivity contribution >= 4 is 12.0 Å². The molecular formula is C15H28N2O4. The minimum Gasteiger partial charge on any atom is -0.469 e. The van der Waals surface area contributed by atoms with Gasteiger partial charge in [0.05, 0.1) is 25.7 Å². The highest BCUT2D eigenvalue weighted by Gasteiger charge is 2.32. The summed E-state index contributed by atoms with van der Waals surface area (Å²) in [6.07, 6.45) is 5.61. The fraction of sp³-hybridized carbons (Fsp3) is 0.867. The predicted octanol–water partition coefficient (Wildman–Crippen LogP) is 1.66. The van der Waals surface area contributed by atoms with E-state index in [1.165, 1.54) is 18.4 Å². The molecule has 0 atom stereocenters. The maximum Gasteiger partial charge on any atom is 0.318 e. The van der Waals surface area contributed by atoms with Gasteiger partial charge in [-0.05, 0) is 26.7 Å². The van der Waals surface area contributed by atoms with E-state index in [1.54, 1.807) is 13.8 Å². The average Bonchev–Trinajstić information content (AvgIpc) is 2.47. The van der Waals surface area contributed by atoms with Crippen LogP contribution in [-0.2, 0) is 9.53 Å². The zero-order valence-electron chi connectivity index (χ0n) is 13.4. The molecule has 1 aliphatic carbocycles. The minimum atomic E-state index is -0.716. The van der Waals surface area contributed by atoms with E-state index in [9.17, 15) is 14.7 Å². The molecule has 0 bridgehead atoms. The minimum absolute atomic E-state index is 0.123. The lowest BCUT2D eigenvalue weighted by molar-refractivity contribution is -0.141. The maximum absolute atomic E-state index is 12.5. The first-order valence-corrected chi connectivity index (χ1v) is 7.66. The van der Waals surface area contributed by atoms with E-state index in [-0.39, 0.29) is 37.6 Å². The number of nitrogens with one attached hydrogen (secondary N) is 1. The number of methoxy groups -OCH3 is 1. The number of rotatable bonds is 6. The van der Waals surface area contributed by atoms with E-state index < -0.39 is 5.54 Å². The van der Waals surface area contributed by atoms with Gasteiger partial charge < -0.3 is 20.1 Å². The zero-order valence-corrected chi connectivity index (χ0v) is 13.4. The van der Waals surface area contributed by atoms with Crippen LogP contribution in [-0.4, -0.2) is 53.8 Å². The summed E-state index contributed by atoms with van der Waals surface area (Å²) in [4.78, 5) is 25.3. The third-order valence-corrected chi connectivity index (χ3v) is 4.06. The molecule has 6 nitrogen and oxygen atoms in total. The SMILES string of the molecule is COC(=O)CCN(C(=O)NC1CCCCC1)C(C)(C)CO. The molecular weight excluding hydrogens is 272 g/mol. The van der Waals surface area contributed by atoms with Crippen LogP contribution in [0.2, 0.25) is 0 Å². The van der Waals surface area contributed by atoms with Crippen LogP contribution in [0.25, 0.3) is 0 Å². The quantitative estimate of drug-likeness (QED) is 0.731. The lowest BCUT2D eigenvalue weighted by atomic mass is 9.95. The molecule has 6 heteroatoms. The number of urea groups is 1. The number of aliphatic hydroxyl groups is 1. The zero-order chi connectivity index (χ0) is 15.9. The molecule has 0 unspecified atom stereocenters. The Morgan fingerprint density at radius 2 is 1.90 bits per heavy atom. The number of hydrogen-bond acceptors (Lipinski definition) is 4. The topological polar surface area (TPSA) is 78.9 Å². The van der Waals surface area contributed by atoms with Crippen LogP contribution in [0.1, 0.15) is 52.4 Å². The number of aliphatic hydroxyl groups excluding tert-OH is 1. The lowest BCUT2D eigenvalue weighted by Crippen LogP contribution is -2.56. The molecule has 0 aromatic rings. The van der Waals surface area contributed by atoms with E-state index in [2.05, 4.69) is 10.1 Å². The highest BCUT2D eigenvalue weighted by molar-refractivity contribution is 5.76. The number of nitrogens with zero attached hydrogens (tertiary/aromatic N) is 1. The molecule has 0 aromatic heterocycles. The van der Waals surface area contributed by atoms with Crippen molar-refractivity contribution in [2.24, 2.45) is 0 Å². The number of hydrogen-bond donors (Lipinski definition) is 2. The van der Waals surface area contributed by atoms with Crippen LogP contribution in [0.4, 0.5) is 4.79 Å². The van der Waals surface area contributed by atoms with Gasteiger partial charge in [0.1, 0.15) is 0 Å². The van der Waals surface area contributed by atoms with Crippen molar-refractivity contribution in [3.63, 3.8) is 0 Å². The summed E-state index contributed by atoms with van der Waals surface area (Å²) in [6.45, 7) is 3.64. The van der Waals surface area contributed by atoms with Gasteiger partial charge in [0.25, 0.3) is 0 Å². The largest absolute Gasteiger partial charge is 0.469 e. The standard InChI is InChI=1S/C15H28N2O4/c1-15(2,11-18)17(10-9-13(19)21-3)14(20)16-12-7-5-4-6-8-12/h12,18H,4-11H2,1-3H3,(H,16,20). The van der Waals surface area contributed by atoms with Crippen molar-refractivity contribution in [1.29, 1.82) is 0 Å². The molecule has 0 radical (unpaired) electrons. The van der Waals surface area contributed by atoms with Crippen molar-refractivity contribution in [2.75, 3.05) is 20.3 Å². The molecule has 1 rings (SSSR count). The van der Waals surface area contributed by atoms with Crippen LogP contribution in [0.3, 0.4) is 0 Å². The summed E-state index contributed by atoms with van der Waals surface area (Å²) in [6, 6.07) is -0.0220. The van der Waals surface area contributed by atoms with Gasteiger partial charge in [0, 0.05) is 12.6 Å². The molecule has 2 amide bonds. The first-order chi connectivity index (χ1) is 9.90. The first kappa shape index (κ1) is 17.8. The number of carbonyl (C=O) groups excluding carboxylic acids is 2. The second kappa shape index (κ2) is 8.22. The van der Waals surface area contributed by atoms with E-state index in [1.807, 2.05) is 0 Å². The van der Waals surface area contributed by atoms with Gasteiger partial charge in [-0.25, -0.2) is 4.79 Å². The highest BCUT2D eigenvalue weighted by Crippen LogP contribution is 2.19. The third-order valence-electron chi connectivity index (χ3n) is 4.06. The van der Waals surface area contributed by atoms with Crippen molar-refractivity contribution in [1.82, 2.24) is 10.2 Å². The van der Waals surface area contributed by atoms with Crippen LogP contribution < -0.4 is 5.32 Å². The molecule has 21 heavy (non-hydrogen) atoms. The molecule has 0 spiro atoms. The van der Waals surface area contributed by atoms with E-state index in [0.29, 0.717) is 0 Å². The fourth-order valence-electron chi connectivity index (χ4n) is 2.57. The fourth-order valence-corrected chi connectivity index (χ4v) is 2.57. The molecule has 2 N–H and O–H groups in total. The Labute approximate surface area is 126 Å². The summed E-state index contributed by atoms with van der Waals surface area (Å²) < 4.78 is 4.62. The van der Waals surface area contributed by atoms with Crippen molar-refractivity contribution in [3.05, 3.63) is 0 Å². The normalized spacial score (nSPS) is 16.4. The van der Waals surface area contributed by atoms with E-state index >= 15 is 0 Å². The Morgan fingerprint density at radius 1 is 1.29 bits per heavy atom. The van der Waals surface area contributed by atoms with Crippen LogP contribution in [0.5, 0.6) is 0 Å². The lowest BCUT2D eigenvalue weighted by Gasteiger charge is -2.38. The smallest absolute Gasteiger partial charge is 0.318 e. The average molecular weight is 300 g/mol. The summed E-state index contributed by atoms with van der Waals surface area (Å²) in [5.74, 6) is -0.362. The van der Waals surface area contributed by atoms with Crippen molar-refractivity contribution < 1.29 is 19.4 Å². The van der Waals surface area contributed by atoms with Gasteiger partial charge in [0.15, 0.2) is 0 Å². The molecule has 0 aliphatic heterocycles. The number of ether oxygens (including phenoxy) is 1. The van der Waals surface area contributed by atoms with Gasteiger partial charge in [-0.15, -0.1) is 0 Å². The Kier molecular flexibility index (Phi) is 6.95. The maximum atomic E-state index is 12.5. The van der Waals surface area contributed by atoms with Gasteiger partial charge in [-0.1, -0.05) is 19.3 Å². The Morgan fingerprint density at radius 3 is 2.43 bits per heavy atom. The van der Waals surface area contributed by atoms with Gasteiger partial charge >= 0.3 is 12.0 Å². The van der Waals surface area contributed by atoms with Crippen LogP contribution in [0, 0.1) is 0 Å². The molecule has 1 saturated carbocycles.